The molecule has 1 aromatic carbocycles. The van der Waals surface area contributed by atoms with Gasteiger partial charge in [-0.05, 0) is 54.7 Å². The number of carbonyl (C=O) groups excluding carboxylic acids is 1. The third kappa shape index (κ3) is 3.44. The molecule has 0 bridgehead atoms. The Labute approximate surface area is 169 Å². The van der Waals surface area contributed by atoms with Crippen LogP contribution in [0.1, 0.15) is 29.9 Å². The zero-order valence-electron chi connectivity index (χ0n) is 16.4. The first-order valence-corrected chi connectivity index (χ1v) is 10.4. The highest BCUT2D eigenvalue weighted by molar-refractivity contribution is 7.21. The van der Waals surface area contributed by atoms with Crippen molar-refractivity contribution in [2.45, 2.75) is 20.3 Å². The Bertz CT molecular complexity index is 1000. The third-order valence-electron chi connectivity index (χ3n) is 5.33. The van der Waals surface area contributed by atoms with Crippen molar-refractivity contribution in [2.75, 3.05) is 25.9 Å². The molecule has 1 fully saturated rings. The second-order valence-corrected chi connectivity index (χ2v) is 8.78. The molecule has 2 aromatic heterocycles. The quantitative estimate of drug-likeness (QED) is 0.700. The average Bonchev–Trinajstić information content (AvgIpc) is 3.02. The van der Waals surface area contributed by atoms with Crippen molar-refractivity contribution < 1.29 is 9.53 Å². The van der Waals surface area contributed by atoms with Crippen LogP contribution in [0, 0.1) is 11.8 Å². The molecular formula is C22H25N3O2S. The lowest BCUT2D eigenvalue weighted by Crippen LogP contribution is -2.42. The number of pyridine rings is 1. The van der Waals surface area contributed by atoms with Crippen molar-refractivity contribution in [3.8, 4) is 17.0 Å². The third-order valence-corrected chi connectivity index (χ3v) is 6.43. The van der Waals surface area contributed by atoms with E-state index in [1.165, 1.54) is 17.8 Å². The average molecular weight is 396 g/mol. The number of anilines is 1. The molecule has 28 heavy (non-hydrogen) atoms. The predicted molar refractivity (Wildman–Crippen MR) is 115 cm³/mol. The Hall–Kier alpha value is -2.60. The molecule has 2 unspecified atom stereocenters. The van der Waals surface area contributed by atoms with Gasteiger partial charge in [0.1, 0.15) is 15.5 Å². The lowest BCUT2D eigenvalue weighted by atomic mass is 9.92. The van der Waals surface area contributed by atoms with Crippen LogP contribution >= 0.6 is 11.3 Å². The van der Waals surface area contributed by atoms with Gasteiger partial charge >= 0.3 is 0 Å². The van der Waals surface area contributed by atoms with Crippen molar-refractivity contribution in [2.24, 2.45) is 11.8 Å². The molecule has 5 nitrogen and oxygen atoms in total. The molecule has 0 saturated carbocycles. The number of piperidine rings is 1. The normalized spacial score (nSPS) is 19.8. The van der Waals surface area contributed by atoms with Gasteiger partial charge in [-0.2, -0.15) is 0 Å². The highest BCUT2D eigenvalue weighted by atomic mass is 32.1. The summed E-state index contributed by atoms with van der Waals surface area (Å²) in [4.78, 5) is 21.2. The molecule has 2 N–H and O–H groups in total. The van der Waals surface area contributed by atoms with E-state index in [-0.39, 0.29) is 5.91 Å². The number of nitrogens with two attached hydrogens (primary N) is 1. The number of methoxy groups -OCH3 is 1. The van der Waals surface area contributed by atoms with Gasteiger partial charge in [0.25, 0.3) is 5.91 Å². The van der Waals surface area contributed by atoms with E-state index in [2.05, 4.69) is 13.8 Å². The minimum Gasteiger partial charge on any atom is -0.497 e. The van der Waals surface area contributed by atoms with E-state index in [1.54, 1.807) is 7.11 Å². The standard InChI is InChI=1S/C22H25N3O2S/c1-13-10-14(2)12-25(11-13)22(26)20-19(23)17-8-9-18(24-21(17)28-20)15-4-6-16(27-3)7-5-15/h4-9,13-14H,10-12,23H2,1-3H3. The molecule has 0 spiro atoms. The van der Waals surface area contributed by atoms with Crippen LogP contribution in [0.4, 0.5) is 5.69 Å². The van der Waals surface area contributed by atoms with E-state index >= 15 is 0 Å². The van der Waals surface area contributed by atoms with Crippen molar-refractivity contribution in [3.63, 3.8) is 0 Å². The lowest BCUT2D eigenvalue weighted by molar-refractivity contribution is 0.0629. The number of aromatic nitrogens is 1. The van der Waals surface area contributed by atoms with Gasteiger partial charge in [-0.3, -0.25) is 4.79 Å². The van der Waals surface area contributed by atoms with Crippen molar-refractivity contribution in [1.29, 1.82) is 0 Å². The zero-order valence-corrected chi connectivity index (χ0v) is 17.3. The van der Waals surface area contributed by atoms with E-state index in [4.69, 9.17) is 15.5 Å². The summed E-state index contributed by atoms with van der Waals surface area (Å²) in [5.41, 5.74) is 8.75. The van der Waals surface area contributed by atoms with Crippen LogP contribution < -0.4 is 10.5 Å². The molecule has 0 radical (unpaired) electrons. The van der Waals surface area contributed by atoms with Gasteiger partial charge in [0.2, 0.25) is 0 Å². The molecule has 1 amide bonds. The second kappa shape index (κ2) is 7.43. The molecule has 1 saturated heterocycles. The Morgan fingerprint density at radius 3 is 2.46 bits per heavy atom. The molecule has 2 atom stereocenters. The number of hydrogen-bond acceptors (Lipinski definition) is 5. The van der Waals surface area contributed by atoms with Crippen LogP contribution in [0.25, 0.3) is 21.5 Å². The monoisotopic (exact) mass is 395 g/mol. The molecule has 1 aliphatic heterocycles. The van der Waals surface area contributed by atoms with Gasteiger partial charge in [0, 0.05) is 24.0 Å². The van der Waals surface area contributed by atoms with E-state index < -0.39 is 0 Å². The number of ether oxygens (including phenoxy) is 1. The summed E-state index contributed by atoms with van der Waals surface area (Å²) < 4.78 is 5.22. The molecule has 3 heterocycles. The number of thiophene rings is 1. The van der Waals surface area contributed by atoms with E-state index in [0.717, 1.165) is 40.3 Å². The van der Waals surface area contributed by atoms with Crippen LogP contribution in [0.5, 0.6) is 5.75 Å². The van der Waals surface area contributed by atoms with E-state index in [1.807, 2.05) is 41.3 Å². The number of amides is 1. The molecule has 0 aliphatic carbocycles. The SMILES string of the molecule is COc1ccc(-c2ccc3c(N)c(C(=O)N4CC(C)CC(C)C4)sc3n2)cc1. The lowest BCUT2D eigenvalue weighted by Gasteiger charge is -2.34. The Morgan fingerprint density at radius 2 is 1.82 bits per heavy atom. The highest BCUT2D eigenvalue weighted by Crippen LogP contribution is 2.36. The fraction of sp³-hybridized carbons (Fsp3) is 0.364. The summed E-state index contributed by atoms with van der Waals surface area (Å²) in [6.07, 6.45) is 1.17. The number of rotatable bonds is 3. The first-order chi connectivity index (χ1) is 13.5. The topological polar surface area (TPSA) is 68.5 Å². The van der Waals surface area contributed by atoms with Gasteiger partial charge in [-0.15, -0.1) is 11.3 Å². The van der Waals surface area contributed by atoms with Crippen molar-refractivity contribution >= 4 is 33.1 Å². The smallest absolute Gasteiger partial charge is 0.266 e. The maximum atomic E-state index is 13.1. The first-order valence-electron chi connectivity index (χ1n) is 9.59. The number of nitrogen functional groups attached to an aromatic ring is 1. The zero-order chi connectivity index (χ0) is 19.8. The number of nitrogens with zero attached hydrogens (tertiary/aromatic N) is 2. The van der Waals surface area contributed by atoms with Crippen LogP contribution in [0.15, 0.2) is 36.4 Å². The minimum absolute atomic E-state index is 0.0323. The van der Waals surface area contributed by atoms with E-state index in [0.29, 0.717) is 22.4 Å². The summed E-state index contributed by atoms with van der Waals surface area (Å²) in [6.45, 7) is 5.99. The fourth-order valence-corrected chi connectivity index (χ4v) is 5.11. The van der Waals surface area contributed by atoms with Crippen molar-refractivity contribution in [1.82, 2.24) is 9.88 Å². The van der Waals surface area contributed by atoms with Crippen LogP contribution in [0.2, 0.25) is 0 Å². The van der Waals surface area contributed by atoms with Crippen LogP contribution in [-0.4, -0.2) is 36.0 Å². The Kier molecular flexibility index (Phi) is 4.98. The van der Waals surface area contributed by atoms with Gasteiger partial charge in [0.15, 0.2) is 0 Å². The summed E-state index contributed by atoms with van der Waals surface area (Å²) in [5.74, 6) is 1.87. The number of likely N-dealkylation sites (tertiary alicyclic amines) is 1. The highest BCUT2D eigenvalue weighted by Gasteiger charge is 2.29. The van der Waals surface area contributed by atoms with Gasteiger partial charge in [0.05, 0.1) is 18.5 Å². The molecular weight excluding hydrogens is 370 g/mol. The van der Waals surface area contributed by atoms with Gasteiger partial charge in [-0.25, -0.2) is 4.98 Å². The maximum absolute atomic E-state index is 13.1. The largest absolute Gasteiger partial charge is 0.497 e. The van der Waals surface area contributed by atoms with E-state index in [9.17, 15) is 4.79 Å². The van der Waals surface area contributed by atoms with Crippen molar-refractivity contribution in [3.05, 3.63) is 41.3 Å². The van der Waals surface area contributed by atoms with Gasteiger partial charge in [-0.1, -0.05) is 13.8 Å². The maximum Gasteiger partial charge on any atom is 0.266 e. The molecule has 6 heteroatoms. The number of hydrogen-bond donors (Lipinski definition) is 1. The number of fused-ring (bicyclic) bond motifs is 1. The summed E-state index contributed by atoms with van der Waals surface area (Å²) in [7, 11) is 1.65. The molecule has 3 aromatic rings. The fourth-order valence-electron chi connectivity index (χ4n) is 4.05. The molecule has 4 rings (SSSR count). The summed E-state index contributed by atoms with van der Waals surface area (Å²) in [5, 5.41) is 0.851. The minimum atomic E-state index is 0.0323. The Morgan fingerprint density at radius 1 is 1.14 bits per heavy atom. The predicted octanol–water partition coefficient (Wildman–Crippen LogP) is 4.67. The Balaban J connectivity index is 1.67. The van der Waals surface area contributed by atoms with Crippen LogP contribution in [0.3, 0.4) is 0 Å². The number of carbonyl (C=O) groups is 1. The summed E-state index contributed by atoms with van der Waals surface area (Å²) in [6, 6.07) is 11.7. The number of benzene rings is 1. The second-order valence-electron chi connectivity index (χ2n) is 7.78. The summed E-state index contributed by atoms with van der Waals surface area (Å²) >= 11 is 1.39. The first kappa shape index (κ1) is 18.7. The van der Waals surface area contributed by atoms with Crippen LogP contribution in [-0.2, 0) is 0 Å². The molecule has 1 aliphatic rings. The van der Waals surface area contributed by atoms with Gasteiger partial charge < -0.3 is 15.4 Å². The molecule has 146 valence electrons.